The van der Waals surface area contributed by atoms with E-state index in [-0.39, 0.29) is 0 Å². The van der Waals surface area contributed by atoms with Gasteiger partial charge in [-0.05, 0) is 13.3 Å². The van der Waals surface area contributed by atoms with Gasteiger partial charge in [0.15, 0.2) is 0 Å². The maximum Gasteiger partial charge on any atom is 0.332 e. The van der Waals surface area contributed by atoms with Gasteiger partial charge in [-0.2, -0.15) is 0 Å². The maximum absolute atomic E-state index is 11.1. The minimum atomic E-state index is -0.408. The molecule has 0 aliphatic heterocycles. The standard InChI is InChI=1S/C14H26O3/c1-4-7-8-9-10-11-12-14(16-6-3)17-13(15)5-2/h5,14H,2,4,6-12H2,1,3H3. The topological polar surface area (TPSA) is 35.5 Å². The van der Waals surface area contributed by atoms with Gasteiger partial charge < -0.3 is 9.47 Å². The van der Waals surface area contributed by atoms with Crippen molar-refractivity contribution >= 4 is 5.97 Å². The molecule has 0 amide bonds. The highest BCUT2D eigenvalue weighted by Crippen LogP contribution is 2.11. The van der Waals surface area contributed by atoms with Gasteiger partial charge in [0.2, 0.25) is 6.29 Å². The zero-order valence-corrected chi connectivity index (χ0v) is 11.2. The average molecular weight is 242 g/mol. The van der Waals surface area contributed by atoms with E-state index in [1.807, 2.05) is 6.92 Å². The summed E-state index contributed by atoms with van der Waals surface area (Å²) in [6.45, 7) is 8.04. The predicted molar refractivity (Wildman–Crippen MR) is 69.7 cm³/mol. The lowest BCUT2D eigenvalue weighted by atomic mass is 10.1. The number of unbranched alkanes of at least 4 members (excludes halogenated alkanes) is 5. The van der Waals surface area contributed by atoms with Crippen LogP contribution in [0.2, 0.25) is 0 Å². The van der Waals surface area contributed by atoms with Crippen molar-refractivity contribution in [2.75, 3.05) is 6.61 Å². The van der Waals surface area contributed by atoms with Gasteiger partial charge in [-0.3, -0.25) is 0 Å². The molecule has 3 heteroatoms. The van der Waals surface area contributed by atoms with E-state index in [0.29, 0.717) is 6.61 Å². The second-order valence-corrected chi connectivity index (χ2v) is 4.08. The molecule has 3 nitrogen and oxygen atoms in total. The van der Waals surface area contributed by atoms with Crippen molar-refractivity contribution in [1.29, 1.82) is 0 Å². The summed E-state index contributed by atoms with van der Waals surface area (Å²) in [6, 6.07) is 0. The number of hydrogen-bond donors (Lipinski definition) is 0. The molecule has 0 fully saturated rings. The van der Waals surface area contributed by atoms with Gasteiger partial charge in [0.05, 0.1) is 0 Å². The summed E-state index contributed by atoms with van der Waals surface area (Å²) in [5, 5.41) is 0. The molecule has 0 aliphatic rings. The van der Waals surface area contributed by atoms with Gasteiger partial charge in [0, 0.05) is 19.1 Å². The molecule has 0 saturated heterocycles. The van der Waals surface area contributed by atoms with Crippen LogP contribution in [0, 0.1) is 0 Å². The third-order valence-corrected chi connectivity index (χ3v) is 2.56. The quantitative estimate of drug-likeness (QED) is 0.239. The van der Waals surface area contributed by atoms with Crippen molar-refractivity contribution < 1.29 is 14.3 Å². The molecule has 0 spiro atoms. The summed E-state index contributed by atoms with van der Waals surface area (Å²) < 4.78 is 10.4. The highest BCUT2D eigenvalue weighted by atomic mass is 16.7. The minimum absolute atomic E-state index is 0.406. The molecule has 0 aromatic carbocycles. The van der Waals surface area contributed by atoms with E-state index < -0.39 is 12.3 Å². The monoisotopic (exact) mass is 242 g/mol. The fraction of sp³-hybridized carbons (Fsp3) is 0.786. The Bertz CT molecular complexity index is 202. The molecule has 0 radical (unpaired) electrons. The molecule has 0 bridgehead atoms. The average Bonchev–Trinajstić information content (AvgIpc) is 2.33. The molecule has 0 saturated carbocycles. The van der Waals surface area contributed by atoms with Gasteiger partial charge in [0.25, 0.3) is 0 Å². The van der Waals surface area contributed by atoms with Crippen LogP contribution >= 0.6 is 0 Å². The van der Waals surface area contributed by atoms with Crippen LogP contribution in [0.5, 0.6) is 0 Å². The zero-order chi connectivity index (χ0) is 12.9. The number of carbonyl (C=O) groups is 1. The van der Waals surface area contributed by atoms with Crippen LogP contribution in [0.25, 0.3) is 0 Å². The molecule has 100 valence electrons. The van der Waals surface area contributed by atoms with E-state index in [1.165, 1.54) is 38.2 Å². The fourth-order valence-electron chi connectivity index (χ4n) is 1.63. The highest BCUT2D eigenvalue weighted by molar-refractivity contribution is 5.81. The second-order valence-electron chi connectivity index (χ2n) is 4.08. The Hall–Kier alpha value is -0.830. The third kappa shape index (κ3) is 10.1. The van der Waals surface area contributed by atoms with Crippen molar-refractivity contribution in [3.63, 3.8) is 0 Å². The molecule has 0 aromatic rings. The third-order valence-electron chi connectivity index (χ3n) is 2.56. The first-order valence-corrected chi connectivity index (χ1v) is 6.69. The van der Waals surface area contributed by atoms with Crippen LogP contribution in [0.4, 0.5) is 0 Å². The molecule has 1 atom stereocenters. The largest absolute Gasteiger partial charge is 0.433 e. The normalized spacial score (nSPS) is 12.1. The zero-order valence-electron chi connectivity index (χ0n) is 11.2. The lowest BCUT2D eigenvalue weighted by molar-refractivity contribution is -0.173. The lowest BCUT2D eigenvalue weighted by Gasteiger charge is -2.16. The second kappa shape index (κ2) is 11.6. The van der Waals surface area contributed by atoms with Crippen molar-refractivity contribution in [3.05, 3.63) is 12.7 Å². The van der Waals surface area contributed by atoms with Gasteiger partial charge in [0.1, 0.15) is 0 Å². The van der Waals surface area contributed by atoms with E-state index in [9.17, 15) is 4.79 Å². The molecule has 1 unspecified atom stereocenters. The maximum atomic E-state index is 11.1. The predicted octanol–water partition coefficient (Wildman–Crippen LogP) is 3.83. The highest BCUT2D eigenvalue weighted by Gasteiger charge is 2.11. The summed E-state index contributed by atoms with van der Waals surface area (Å²) in [7, 11) is 0. The number of ether oxygens (including phenoxy) is 2. The van der Waals surface area contributed by atoms with E-state index in [4.69, 9.17) is 9.47 Å². The van der Waals surface area contributed by atoms with Crippen LogP contribution in [-0.2, 0) is 14.3 Å². The van der Waals surface area contributed by atoms with Gasteiger partial charge in [-0.15, -0.1) is 0 Å². The fourth-order valence-corrected chi connectivity index (χ4v) is 1.63. The van der Waals surface area contributed by atoms with E-state index in [0.717, 1.165) is 12.8 Å². The smallest absolute Gasteiger partial charge is 0.332 e. The molecule has 0 heterocycles. The molecule has 0 aromatic heterocycles. The van der Waals surface area contributed by atoms with E-state index in [1.54, 1.807) is 0 Å². The summed E-state index contributed by atoms with van der Waals surface area (Å²) >= 11 is 0. The number of hydrogen-bond acceptors (Lipinski definition) is 3. The Balaban J connectivity index is 3.62. The molecular weight excluding hydrogens is 216 g/mol. The van der Waals surface area contributed by atoms with Gasteiger partial charge in [-0.25, -0.2) is 4.79 Å². The number of rotatable bonds is 11. The SMILES string of the molecule is C=CC(=O)OC(CCCCCCCC)OCC. The van der Waals surface area contributed by atoms with Gasteiger partial charge in [-0.1, -0.05) is 45.6 Å². The first kappa shape index (κ1) is 16.2. The van der Waals surface area contributed by atoms with Gasteiger partial charge >= 0.3 is 5.97 Å². The Morgan fingerprint density at radius 2 is 1.82 bits per heavy atom. The lowest BCUT2D eigenvalue weighted by Crippen LogP contribution is -2.20. The Labute approximate surface area is 105 Å². The Kier molecular flexibility index (Phi) is 11.1. The summed E-state index contributed by atoms with van der Waals surface area (Å²) in [4.78, 5) is 11.1. The van der Waals surface area contributed by atoms with Crippen LogP contribution in [0.3, 0.4) is 0 Å². The number of esters is 1. The van der Waals surface area contributed by atoms with Crippen molar-refractivity contribution in [1.82, 2.24) is 0 Å². The first-order valence-electron chi connectivity index (χ1n) is 6.69. The minimum Gasteiger partial charge on any atom is -0.433 e. The van der Waals surface area contributed by atoms with E-state index >= 15 is 0 Å². The Morgan fingerprint density at radius 1 is 1.18 bits per heavy atom. The van der Waals surface area contributed by atoms with E-state index in [2.05, 4.69) is 13.5 Å². The molecule has 0 rings (SSSR count). The number of carbonyl (C=O) groups excluding carboxylic acids is 1. The summed E-state index contributed by atoms with van der Waals surface area (Å²) in [6.07, 6.45) is 8.88. The first-order chi connectivity index (χ1) is 8.24. The van der Waals surface area contributed by atoms with Crippen LogP contribution in [0.1, 0.15) is 58.8 Å². The Morgan fingerprint density at radius 3 is 2.41 bits per heavy atom. The summed E-state index contributed by atoms with van der Waals surface area (Å²) in [5.41, 5.74) is 0. The van der Waals surface area contributed by atoms with Crippen molar-refractivity contribution in [3.8, 4) is 0 Å². The van der Waals surface area contributed by atoms with Crippen molar-refractivity contribution in [2.45, 2.75) is 65.1 Å². The molecular formula is C14H26O3. The van der Waals surface area contributed by atoms with Crippen molar-refractivity contribution in [2.24, 2.45) is 0 Å². The van der Waals surface area contributed by atoms with Crippen LogP contribution in [0.15, 0.2) is 12.7 Å². The van der Waals surface area contributed by atoms with Crippen LogP contribution in [-0.4, -0.2) is 18.9 Å². The molecule has 17 heavy (non-hydrogen) atoms. The molecule has 0 aliphatic carbocycles. The summed E-state index contributed by atoms with van der Waals surface area (Å²) in [5.74, 6) is -0.408. The molecule has 0 N–H and O–H groups in total. The van der Waals surface area contributed by atoms with Crippen LogP contribution < -0.4 is 0 Å².